The summed E-state index contributed by atoms with van der Waals surface area (Å²) in [4.78, 5) is 6.87. The number of anilines is 1. The summed E-state index contributed by atoms with van der Waals surface area (Å²) in [5.41, 5.74) is 3.59. The molecule has 0 unspecified atom stereocenters. The molecule has 0 spiro atoms. The van der Waals surface area contributed by atoms with Gasteiger partial charge in [0.2, 0.25) is 0 Å². The minimum atomic E-state index is 0.661. The van der Waals surface area contributed by atoms with Crippen molar-refractivity contribution in [2.45, 2.75) is 13.0 Å². The number of aryl methyl sites for hydroxylation is 1. The first kappa shape index (κ1) is 16.8. The van der Waals surface area contributed by atoms with Crippen molar-refractivity contribution in [1.82, 2.24) is 19.7 Å². The van der Waals surface area contributed by atoms with Gasteiger partial charge in [-0.3, -0.25) is 9.58 Å². The second-order valence-corrected chi connectivity index (χ2v) is 7.03. The van der Waals surface area contributed by atoms with Crippen molar-refractivity contribution >= 4 is 5.82 Å². The third-order valence-corrected chi connectivity index (χ3v) is 4.95. The number of hydrogen-bond acceptors (Lipinski definition) is 4. The highest BCUT2D eigenvalue weighted by Gasteiger charge is 2.24. The first-order chi connectivity index (χ1) is 12.8. The van der Waals surface area contributed by atoms with E-state index in [-0.39, 0.29) is 0 Å². The average Bonchev–Trinajstić information content (AvgIpc) is 3.28. The number of nitrogens with one attached hydrogen (secondary N) is 1. The van der Waals surface area contributed by atoms with E-state index in [0.717, 1.165) is 37.7 Å². The lowest BCUT2D eigenvalue weighted by molar-refractivity contribution is 0.319. The number of benzene rings is 1. The Labute approximate surface area is 154 Å². The van der Waals surface area contributed by atoms with Gasteiger partial charge in [0, 0.05) is 50.2 Å². The minimum absolute atomic E-state index is 0.661. The van der Waals surface area contributed by atoms with Crippen LogP contribution in [0.2, 0.25) is 0 Å². The molecule has 0 bridgehead atoms. The summed E-state index contributed by atoms with van der Waals surface area (Å²) in [5.74, 6) is 1.62. The first-order valence-electron chi connectivity index (χ1n) is 9.23. The van der Waals surface area contributed by atoms with Crippen LogP contribution in [0.5, 0.6) is 0 Å². The monoisotopic (exact) mass is 347 g/mol. The van der Waals surface area contributed by atoms with E-state index in [1.807, 2.05) is 42.2 Å². The fraction of sp³-hybridized carbons (Fsp3) is 0.333. The molecule has 1 fully saturated rings. The SMILES string of the molecule is Cn1cc(CN2CC[C@@H](CNc3ccccn3)C2)c(-c2ccccc2)n1. The Morgan fingerprint density at radius 2 is 1.96 bits per heavy atom. The molecule has 5 nitrogen and oxygen atoms in total. The van der Waals surface area contributed by atoms with Crippen LogP contribution in [0.1, 0.15) is 12.0 Å². The summed E-state index contributed by atoms with van der Waals surface area (Å²) in [6.45, 7) is 4.19. The van der Waals surface area contributed by atoms with Gasteiger partial charge in [-0.15, -0.1) is 0 Å². The quantitative estimate of drug-likeness (QED) is 0.742. The molecule has 1 N–H and O–H groups in total. The maximum Gasteiger partial charge on any atom is 0.125 e. The smallest absolute Gasteiger partial charge is 0.125 e. The van der Waals surface area contributed by atoms with Gasteiger partial charge in [-0.05, 0) is 31.0 Å². The maximum absolute atomic E-state index is 4.69. The van der Waals surface area contributed by atoms with E-state index in [4.69, 9.17) is 0 Å². The molecular formula is C21H25N5. The lowest BCUT2D eigenvalue weighted by Gasteiger charge is -2.16. The van der Waals surface area contributed by atoms with E-state index in [9.17, 15) is 0 Å². The maximum atomic E-state index is 4.69. The van der Waals surface area contributed by atoms with Crippen LogP contribution in [0.4, 0.5) is 5.82 Å². The highest BCUT2D eigenvalue weighted by Crippen LogP contribution is 2.25. The van der Waals surface area contributed by atoms with Gasteiger partial charge in [-0.2, -0.15) is 5.10 Å². The van der Waals surface area contributed by atoms with E-state index in [1.54, 1.807) is 0 Å². The summed E-state index contributed by atoms with van der Waals surface area (Å²) in [7, 11) is 2.00. The number of hydrogen-bond donors (Lipinski definition) is 1. The number of nitrogens with zero attached hydrogens (tertiary/aromatic N) is 4. The molecule has 3 aromatic rings. The topological polar surface area (TPSA) is 46.0 Å². The van der Waals surface area contributed by atoms with Crippen molar-refractivity contribution in [1.29, 1.82) is 0 Å². The Balaban J connectivity index is 1.37. The zero-order valence-electron chi connectivity index (χ0n) is 15.2. The summed E-state index contributed by atoms with van der Waals surface area (Å²) < 4.78 is 1.92. The fourth-order valence-electron chi connectivity index (χ4n) is 3.67. The van der Waals surface area contributed by atoms with Gasteiger partial charge in [0.05, 0.1) is 5.69 Å². The van der Waals surface area contributed by atoms with Crippen LogP contribution in [-0.4, -0.2) is 39.3 Å². The van der Waals surface area contributed by atoms with Crippen molar-refractivity contribution in [2.24, 2.45) is 13.0 Å². The molecule has 3 heterocycles. The van der Waals surface area contributed by atoms with E-state index in [2.05, 4.69) is 50.8 Å². The Kier molecular flexibility index (Phi) is 4.97. The first-order valence-corrected chi connectivity index (χ1v) is 9.23. The molecule has 1 aliphatic heterocycles. The van der Waals surface area contributed by atoms with Crippen LogP contribution in [0, 0.1) is 5.92 Å². The Hall–Kier alpha value is -2.66. The van der Waals surface area contributed by atoms with Crippen molar-refractivity contribution in [3.05, 3.63) is 66.5 Å². The Bertz CT molecular complexity index is 828. The predicted octanol–water partition coefficient (Wildman–Crippen LogP) is 3.42. The lowest BCUT2D eigenvalue weighted by atomic mass is 10.1. The molecule has 0 amide bonds. The Morgan fingerprint density at radius 1 is 1.12 bits per heavy atom. The van der Waals surface area contributed by atoms with Gasteiger partial charge in [0.1, 0.15) is 5.82 Å². The highest BCUT2D eigenvalue weighted by molar-refractivity contribution is 5.62. The fourth-order valence-corrected chi connectivity index (χ4v) is 3.67. The van der Waals surface area contributed by atoms with Crippen molar-refractivity contribution in [3.63, 3.8) is 0 Å². The summed E-state index contributed by atoms with van der Waals surface area (Å²) in [5, 5.41) is 8.15. The zero-order chi connectivity index (χ0) is 17.8. The second kappa shape index (κ2) is 7.70. The predicted molar refractivity (Wildman–Crippen MR) is 105 cm³/mol. The van der Waals surface area contributed by atoms with Gasteiger partial charge >= 0.3 is 0 Å². The molecule has 26 heavy (non-hydrogen) atoms. The summed E-state index contributed by atoms with van der Waals surface area (Å²) >= 11 is 0. The van der Waals surface area contributed by atoms with Crippen LogP contribution in [-0.2, 0) is 13.6 Å². The lowest BCUT2D eigenvalue weighted by Crippen LogP contribution is -2.23. The van der Waals surface area contributed by atoms with Gasteiger partial charge in [0.25, 0.3) is 0 Å². The molecule has 0 saturated carbocycles. The molecule has 134 valence electrons. The summed E-state index contributed by atoms with van der Waals surface area (Å²) in [6.07, 6.45) is 5.21. The molecule has 1 aliphatic rings. The third kappa shape index (κ3) is 3.94. The van der Waals surface area contributed by atoms with Crippen molar-refractivity contribution < 1.29 is 0 Å². The largest absolute Gasteiger partial charge is 0.370 e. The molecule has 4 rings (SSSR count). The average molecular weight is 347 g/mol. The van der Waals surface area contributed by atoms with Crippen LogP contribution in [0.3, 0.4) is 0 Å². The normalized spacial score (nSPS) is 17.5. The molecule has 5 heteroatoms. The third-order valence-electron chi connectivity index (χ3n) is 4.95. The van der Waals surface area contributed by atoms with Crippen LogP contribution >= 0.6 is 0 Å². The number of aromatic nitrogens is 3. The van der Waals surface area contributed by atoms with Crippen LogP contribution < -0.4 is 5.32 Å². The van der Waals surface area contributed by atoms with Gasteiger partial charge in [0.15, 0.2) is 0 Å². The van der Waals surface area contributed by atoms with E-state index in [1.165, 1.54) is 17.5 Å². The minimum Gasteiger partial charge on any atom is -0.370 e. The molecule has 1 atom stereocenters. The van der Waals surface area contributed by atoms with Gasteiger partial charge < -0.3 is 5.32 Å². The highest BCUT2D eigenvalue weighted by atomic mass is 15.3. The number of likely N-dealkylation sites (tertiary alicyclic amines) is 1. The summed E-state index contributed by atoms with van der Waals surface area (Å²) in [6, 6.07) is 16.4. The number of pyridine rings is 1. The Morgan fingerprint density at radius 3 is 2.77 bits per heavy atom. The zero-order valence-corrected chi connectivity index (χ0v) is 15.2. The second-order valence-electron chi connectivity index (χ2n) is 7.03. The van der Waals surface area contributed by atoms with E-state index >= 15 is 0 Å². The van der Waals surface area contributed by atoms with Crippen LogP contribution in [0.25, 0.3) is 11.3 Å². The standard InChI is InChI=1S/C21H25N5/c1-25-15-19(21(24-25)18-7-3-2-4-8-18)16-26-12-10-17(14-26)13-23-20-9-5-6-11-22-20/h2-9,11,15,17H,10,12-14,16H2,1H3,(H,22,23)/t17-/m0/s1. The molecule has 1 saturated heterocycles. The molecule has 0 aliphatic carbocycles. The van der Waals surface area contributed by atoms with E-state index < -0.39 is 0 Å². The van der Waals surface area contributed by atoms with E-state index in [0.29, 0.717) is 5.92 Å². The van der Waals surface area contributed by atoms with Crippen molar-refractivity contribution in [2.75, 3.05) is 25.0 Å². The number of rotatable bonds is 6. The molecule has 1 aromatic carbocycles. The van der Waals surface area contributed by atoms with Crippen molar-refractivity contribution in [3.8, 4) is 11.3 Å². The molecular weight excluding hydrogens is 322 g/mol. The van der Waals surface area contributed by atoms with Crippen LogP contribution in [0.15, 0.2) is 60.9 Å². The van der Waals surface area contributed by atoms with Gasteiger partial charge in [-0.1, -0.05) is 36.4 Å². The molecule has 2 aromatic heterocycles. The van der Waals surface area contributed by atoms with Gasteiger partial charge in [-0.25, -0.2) is 4.98 Å². The molecule has 0 radical (unpaired) electrons.